The number of anilines is 2. The third-order valence-electron chi connectivity index (χ3n) is 2.28. The first-order valence-electron chi connectivity index (χ1n) is 5.25. The highest BCUT2D eigenvalue weighted by Crippen LogP contribution is 2.23. The lowest BCUT2D eigenvalue weighted by Crippen LogP contribution is -2.22. The van der Waals surface area contributed by atoms with E-state index in [4.69, 9.17) is 0 Å². The second kappa shape index (κ2) is 4.67. The van der Waals surface area contributed by atoms with Crippen molar-refractivity contribution in [1.29, 1.82) is 0 Å². The van der Waals surface area contributed by atoms with Gasteiger partial charge < -0.3 is 10.6 Å². The summed E-state index contributed by atoms with van der Waals surface area (Å²) in [6, 6.07) is 6.88. The molecule has 0 amide bonds. The Balaban J connectivity index is 2.41. The number of para-hydroxylation sites is 1. The second-order valence-corrected chi connectivity index (χ2v) is 3.63. The number of benzene rings is 1. The SMILES string of the molecule is CNc1nc(NCC(F)(F)F)c2ccccc2n1. The van der Waals surface area contributed by atoms with Gasteiger partial charge in [0.25, 0.3) is 0 Å². The summed E-state index contributed by atoms with van der Waals surface area (Å²) in [5.41, 5.74) is 0.585. The zero-order valence-electron chi connectivity index (χ0n) is 9.54. The van der Waals surface area contributed by atoms with Crippen molar-refractivity contribution in [3.63, 3.8) is 0 Å². The topological polar surface area (TPSA) is 49.8 Å². The summed E-state index contributed by atoms with van der Waals surface area (Å²) in [7, 11) is 1.61. The lowest BCUT2D eigenvalue weighted by molar-refractivity contribution is -0.115. The van der Waals surface area contributed by atoms with E-state index in [9.17, 15) is 13.2 Å². The number of halogens is 3. The van der Waals surface area contributed by atoms with Crippen LogP contribution in [0.5, 0.6) is 0 Å². The molecule has 7 heteroatoms. The summed E-state index contributed by atoms with van der Waals surface area (Å²) < 4.78 is 36.6. The Morgan fingerprint density at radius 2 is 1.89 bits per heavy atom. The minimum absolute atomic E-state index is 0.169. The molecule has 0 unspecified atom stereocenters. The molecule has 2 aromatic rings. The Hall–Kier alpha value is -2.05. The summed E-state index contributed by atoms with van der Waals surface area (Å²) in [5.74, 6) is 0.445. The molecule has 0 aliphatic carbocycles. The van der Waals surface area contributed by atoms with Gasteiger partial charge >= 0.3 is 6.18 Å². The first-order chi connectivity index (χ1) is 8.49. The molecule has 1 heterocycles. The van der Waals surface area contributed by atoms with E-state index in [1.807, 2.05) is 0 Å². The minimum atomic E-state index is -4.29. The van der Waals surface area contributed by atoms with Gasteiger partial charge in [0.15, 0.2) is 0 Å². The molecule has 0 aliphatic rings. The van der Waals surface area contributed by atoms with E-state index in [1.54, 1.807) is 31.3 Å². The monoisotopic (exact) mass is 256 g/mol. The normalized spacial score (nSPS) is 11.6. The molecule has 0 saturated carbocycles. The van der Waals surface area contributed by atoms with Crippen LogP contribution in [-0.2, 0) is 0 Å². The van der Waals surface area contributed by atoms with E-state index in [2.05, 4.69) is 20.6 Å². The van der Waals surface area contributed by atoms with Crippen LogP contribution in [0.2, 0.25) is 0 Å². The van der Waals surface area contributed by atoms with Gasteiger partial charge in [0.05, 0.1) is 5.52 Å². The van der Waals surface area contributed by atoms with Crippen molar-refractivity contribution < 1.29 is 13.2 Å². The van der Waals surface area contributed by atoms with E-state index < -0.39 is 12.7 Å². The van der Waals surface area contributed by atoms with Gasteiger partial charge in [0, 0.05) is 12.4 Å². The van der Waals surface area contributed by atoms with E-state index in [1.165, 1.54) is 0 Å². The van der Waals surface area contributed by atoms with Gasteiger partial charge in [-0.2, -0.15) is 18.2 Å². The number of nitrogens with one attached hydrogen (secondary N) is 2. The molecular weight excluding hydrogens is 245 g/mol. The summed E-state index contributed by atoms with van der Waals surface area (Å²) in [4.78, 5) is 8.14. The smallest absolute Gasteiger partial charge is 0.360 e. The average Bonchev–Trinajstić information content (AvgIpc) is 2.34. The third kappa shape index (κ3) is 2.79. The maximum absolute atomic E-state index is 12.2. The van der Waals surface area contributed by atoms with Crippen molar-refractivity contribution in [3.8, 4) is 0 Å². The summed E-state index contributed by atoms with van der Waals surface area (Å²) in [6.45, 7) is -1.13. The Morgan fingerprint density at radius 3 is 2.56 bits per heavy atom. The first-order valence-corrected chi connectivity index (χ1v) is 5.25. The van der Waals surface area contributed by atoms with Crippen LogP contribution >= 0.6 is 0 Å². The molecule has 2 rings (SSSR count). The highest BCUT2D eigenvalue weighted by Gasteiger charge is 2.27. The molecule has 0 bridgehead atoms. The number of hydrogen-bond acceptors (Lipinski definition) is 4. The number of alkyl halides is 3. The van der Waals surface area contributed by atoms with Gasteiger partial charge in [-0.05, 0) is 12.1 Å². The number of fused-ring (bicyclic) bond motifs is 1. The van der Waals surface area contributed by atoms with Crippen LogP contribution in [0.3, 0.4) is 0 Å². The Labute approximate surface area is 101 Å². The van der Waals surface area contributed by atoms with Crippen molar-refractivity contribution in [2.45, 2.75) is 6.18 Å². The van der Waals surface area contributed by atoms with Crippen molar-refractivity contribution in [2.75, 3.05) is 24.2 Å². The lowest BCUT2D eigenvalue weighted by Gasteiger charge is -2.12. The molecule has 0 radical (unpaired) electrons. The quantitative estimate of drug-likeness (QED) is 0.886. The largest absolute Gasteiger partial charge is 0.405 e. The Morgan fingerprint density at radius 1 is 1.17 bits per heavy atom. The van der Waals surface area contributed by atoms with Crippen LogP contribution in [0.1, 0.15) is 0 Å². The fourth-order valence-electron chi connectivity index (χ4n) is 1.51. The fourth-order valence-corrected chi connectivity index (χ4v) is 1.51. The van der Waals surface area contributed by atoms with Crippen LogP contribution in [-0.4, -0.2) is 29.7 Å². The van der Waals surface area contributed by atoms with Crippen molar-refractivity contribution in [2.24, 2.45) is 0 Å². The van der Waals surface area contributed by atoms with Gasteiger partial charge in [-0.15, -0.1) is 0 Å². The predicted octanol–water partition coefficient (Wildman–Crippen LogP) is 2.65. The summed E-state index contributed by atoms with van der Waals surface area (Å²) >= 11 is 0. The highest BCUT2D eigenvalue weighted by molar-refractivity contribution is 5.89. The molecule has 1 aromatic heterocycles. The zero-order chi connectivity index (χ0) is 13.2. The van der Waals surface area contributed by atoms with Gasteiger partial charge in [-0.3, -0.25) is 0 Å². The molecule has 0 aliphatic heterocycles. The summed E-state index contributed by atoms with van der Waals surface area (Å²) in [5, 5.41) is 5.56. The van der Waals surface area contributed by atoms with Crippen LogP contribution in [0.15, 0.2) is 24.3 Å². The summed E-state index contributed by atoms with van der Waals surface area (Å²) in [6.07, 6.45) is -4.29. The maximum atomic E-state index is 12.2. The van der Waals surface area contributed by atoms with Crippen molar-refractivity contribution in [1.82, 2.24) is 9.97 Å². The molecule has 2 N–H and O–H groups in total. The number of aromatic nitrogens is 2. The Kier molecular flexibility index (Phi) is 3.22. The molecule has 4 nitrogen and oxygen atoms in total. The standard InChI is InChI=1S/C11H11F3N4/c1-15-10-17-8-5-3-2-4-7(8)9(18-10)16-6-11(12,13)14/h2-5H,6H2,1H3,(H2,15,16,17,18). The molecular formula is C11H11F3N4. The van der Waals surface area contributed by atoms with Gasteiger partial charge in [-0.1, -0.05) is 12.1 Å². The fraction of sp³-hybridized carbons (Fsp3) is 0.273. The Bertz CT molecular complexity index is 553. The van der Waals surface area contributed by atoms with Gasteiger partial charge in [-0.25, -0.2) is 4.98 Å². The molecule has 0 atom stereocenters. The molecule has 0 fully saturated rings. The van der Waals surface area contributed by atoms with Gasteiger partial charge in [0.2, 0.25) is 5.95 Å². The van der Waals surface area contributed by atoms with E-state index in [-0.39, 0.29) is 11.8 Å². The van der Waals surface area contributed by atoms with Crippen LogP contribution in [0.4, 0.5) is 24.9 Å². The zero-order valence-corrected chi connectivity index (χ0v) is 9.54. The average molecular weight is 256 g/mol. The van der Waals surface area contributed by atoms with E-state index >= 15 is 0 Å². The maximum Gasteiger partial charge on any atom is 0.405 e. The molecule has 18 heavy (non-hydrogen) atoms. The molecule has 96 valence electrons. The molecule has 0 spiro atoms. The molecule has 1 aromatic carbocycles. The second-order valence-electron chi connectivity index (χ2n) is 3.63. The minimum Gasteiger partial charge on any atom is -0.360 e. The van der Waals surface area contributed by atoms with Crippen LogP contribution in [0, 0.1) is 0 Å². The van der Waals surface area contributed by atoms with Crippen LogP contribution < -0.4 is 10.6 Å². The van der Waals surface area contributed by atoms with E-state index in [0.29, 0.717) is 10.9 Å². The number of hydrogen-bond donors (Lipinski definition) is 2. The van der Waals surface area contributed by atoms with Crippen molar-refractivity contribution >= 4 is 22.7 Å². The highest BCUT2D eigenvalue weighted by atomic mass is 19.4. The van der Waals surface area contributed by atoms with E-state index in [0.717, 1.165) is 0 Å². The lowest BCUT2D eigenvalue weighted by atomic mass is 10.2. The number of rotatable bonds is 3. The first kappa shape index (κ1) is 12.4. The van der Waals surface area contributed by atoms with Crippen LogP contribution in [0.25, 0.3) is 10.9 Å². The third-order valence-corrected chi connectivity index (χ3v) is 2.28. The number of nitrogens with zero attached hydrogens (tertiary/aromatic N) is 2. The van der Waals surface area contributed by atoms with Gasteiger partial charge in [0.1, 0.15) is 12.4 Å². The molecule has 0 saturated heterocycles. The van der Waals surface area contributed by atoms with Crippen molar-refractivity contribution in [3.05, 3.63) is 24.3 Å². The predicted molar refractivity (Wildman–Crippen MR) is 63.6 cm³/mol.